The average Bonchev–Trinajstić information content (AvgIpc) is 2.07. The van der Waals surface area contributed by atoms with E-state index in [1.807, 2.05) is 33.1 Å². The molecule has 0 fully saturated rings. The molecule has 0 aliphatic rings. The molecule has 0 aromatic carbocycles. The summed E-state index contributed by atoms with van der Waals surface area (Å²) in [7, 11) is 0. The summed E-state index contributed by atoms with van der Waals surface area (Å²) in [6.07, 6.45) is 2.23. The fraction of sp³-hybridized carbons (Fsp3) is 0.625. The van der Waals surface area contributed by atoms with Gasteiger partial charge in [-0.2, -0.15) is 0 Å². The van der Waals surface area contributed by atoms with Gasteiger partial charge in [0, 0.05) is 6.07 Å². The van der Waals surface area contributed by atoms with Gasteiger partial charge in [0.05, 0.1) is 0 Å². The molecule has 4 heteroatoms. The molecular formula is C8H13NO2Zn-2. The maximum absolute atomic E-state index is 9.70. The zero-order chi connectivity index (χ0) is 10.6. The van der Waals surface area contributed by atoms with Gasteiger partial charge in [0.25, 0.3) is 0 Å². The van der Waals surface area contributed by atoms with Crippen LogP contribution in [0, 0.1) is 23.7 Å². The summed E-state index contributed by atoms with van der Waals surface area (Å²) in [6.45, 7) is 8.70. The van der Waals surface area contributed by atoms with Crippen LogP contribution in [-0.4, -0.2) is 6.29 Å². The molecule has 0 bridgehead atoms. The van der Waals surface area contributed by atoms with E-state index in [0.717, 1.165) is 0 Å². The topological polar surface area (TPSA) is 57.9 Å². The zero-order valence-electron chi connectivity index (χ0n) is 7.89. The predicted molar refractivity (Wildman–Crippen MR) is 41.4 cm³/mol. The average molecular weight is 221 g/mol. The van der Waals surface area contributed by atoms with E-state index in [0.29, 0.717) is 6.42 Å². The second kappa shape index (κ2) is 13.2. The van der Waals surface area contributed by atoms with E-state index in [1.54, 1.807) is 0 Å². The van der Waals surface area contributed by atoms with Crippen LogP contribution < -0.4 is 0 Å². The van der Waals surface area contributed by atoms with Gasteiger partial charge in [-0.25, -0.2) is 5.26 Å². The number of nitriles is 1. The van der Waals surface area contributed by atoms with Crippen LogP contribution in [0.5, 0.6) is 0 Å². The van der Waals surface area contributed by atoms with Gasteiger partial charge in [-0.1, -0.05) is 27.2 Å². The van der Waals surface area contributed by atoms with Gasteiger partial charge in [-0.15, -0.1) is 5.41 Å². The molecule has 0 aromatic rings. The Hall–Kier alpha value is -0.417. The fourth-order valence-corrected chi connectivity index (χ4v) is 0. The molecule has 0 saturated heterocycles. The van der Waals surface area contributed by atoms with Gasteiger partial charge in [0.2, 0.25) is 0 Å². The quantitative estimate of drug-likeness (QED) is 0.462. The summed E-state index contributed by atoms with van der Waals surface area (Å²) in [5.74, 6) is 0. The molecule has 12 heavy (non-hydrogen) atoms. The molecule has 0 aliphatic carbocycles. The molecule has 0 atom stereocenters. The maximum atomic E-state index is 9.70. The first-order chi connectivity index (χ1) is 5.47. The van der Waals surface area contributed by atoms with Crippen molar-refractivity contribution in [3.8, 4) is 6.07 Å². The molecule has 0 amide bonds. The van der Waals surface area contributed by atoms with Crippen molar-refractivity contribution in [2.24, 2.45) is 5.41 Å². The molecule has 0 saturated carbocycles. The monoisotopic (exact) mass is 219 g/mol. The molecule has 0 aliphatic heterocycles. The Balaban J connectivity index is -0.000000118. The van der Waals surface area contributed by atoms with Crippen molar-refractivity contribution in [1.82, 2.24) is 0 Å². The number of nitrogens with zero attached hydrogens (tertiary/aromatic N) is 1. The van der Waals surface area contributed by atoms with Gasteiger partial charge >= 0.3 is 21.8 Å². The zero-order valence-corrected chi connectivity index (χ0v) is 10.9. The Morgan fingerprint density at radius 3 is 1.67 bits per heavy atom. The summed E-state index contributed by atoms with van der Waals surface area (Å²) >= 11 is 0.125. The molecule has 0 spiro atoms. The van der Waals surface area contributed by atoms with E-state index in [1.165, 1.54) is 0 Å². The predicted octanol–water partition coefficient (Wildman–Crippen LogP) is 1.76. The molecule has 0 N–H and O–H groups in total. The van der Waals surface area contributed by atoms with Crippen molar-refractivity contribution in [1.29, 1.82) is 5.26 Å². The van der Waals surface area contributed by atoms with Crippen LogP contribution in [0.25, 0.3) is 0 Å². The Morgan fingerprint density at radius 1 is 1.50 bits per heavy atom. The second-order valence-electron chi connectivity index (χ2n) is 2.76. The van der Waals surface area contributed by atoms with Crippen molar-refractivity contribution in [2.45, 2.75) is 27.2 Å². The fourth-order valence-electron chi connectivity index (χ4n) is 0. The minimum absolute atomic E-state index is 0.125. The molecular weight excluding hydrogens is 207 g/mol. The summed E-state index contributed by atoms with van der Waals surface area (Å²) in [6, 6.07) is 1.82. The summed E-state index contributed by atoms with van der Waals surface area (Å²) in [5, 5.41) is 7.56. The third-order valence-corrected chi connectivity index (χ3v) is 0.418. The van der Waals surface area contributed by atoms with Crippen LogP contribution in [0.1, 0.15) is 27.2 Å². The first-order valence-corrected chi connectivity index (χ1v) is 4.53. The molecule has 0 rings (SSSR count). The van der Waals surface area contributed by atoms with Crippen LogP contribution in [0.4, 0.5) is 0 Å². The van der Waals surface area contributed by atoms with Crippen LogP contribution >= 0.6 is 0 Å². The van der Waals surface area contributed by atoms with Crippen molar-refractivity contribution in [3.05, 3.63) is 6.92 Å². The van der Waals surface area contributed by atoms with Crippen LogP contribution in [-0.2, 0) is 26.6 Å². The van der Waals surface area contributed by atoms with Gasteiger partial charge < -0.3 is 11.7 Å². The summed E-state index contributed by atoms with van der Waals surface area (Å²) < 4.78 is 8.38. The Bertz CT molecular complexity index is 135. The number of hydrogen-bond acceptors (Lipinski definition) is 3. The first kappa shape index (κ1) is 17.6. The standard InChI is InChI=1S/C5H9O.C3H4N.O.Zn/c1-5(2,3)4-6;1-2-3-4;;/h1-3H3;1-2H2;;/q2*-1;;. The van der Waals surface area contributed by atoms with Gasteiger partial charge in [0.1, 0.15) is 0 Å². The Morgan fingerprint density at radius 2 is 1.67 bits per heavy atom. The second-order valence-corrected chi connectivity index (χ2v) is 2.76. The minimum atomic E-state index is -0.264. The Labute approximate surface area is 84.1 Å². The van der Waals surface area contributed by atoms with Crippen molar-refractivity contribution in [2.75, 3.05) is 0 Å². The van der Waals surface area contributed by atoms with Crippen molar-refractivity contribution < 1.29 is 26.6 Å². The molecule has 66 valence electrons. The SMILES string of the molecule is CC(C)(C)[C-]=O.[CH2-]CC#N.[O]=[Zn]. The molecule has 0 heterocycles. The number of carbonyl (C=O) groups excluding carboxylic acids is 1. The van der Waals surface area contributed by atoms with E-state index in [4.69, 9.17) is 8.84 Å². The molecule has 0 radical (unpaired) electrons. The van der Waals surface area contributed by atoms with Crippen molar-refractivity contribution in [3.63, 3.8) is 0 Å². The first-order valence-electron chi connectivity index (χ1n) is 3.32. The van der Waals surface area contributed by atoms with Crippen molar-refractivity contribution >= 4 is 6.29 Å². The molecule has 0 unspecified atom stereocenters. The van der Waals surface area contributed by atoms with Gasteiger partial charge in [-0.3, -0.25) is 6.29 Å². The molecule has 0 aromatic heterocycles. The molecule has 3 nitrogen and oxygen atoms in total. The summed E-state index contributed by atoms with van der Waals surface area (Å²) in [4.78, 5) is 9.70. The number of rotatable bonds is 0. The summed E-state index contributed by atoms with van der Waals surface area (Å²) in [5.41, 5.74) is -0.264. The van der Waals surface area contributed by atoms with Crippen LogP contribution in [0.2, 0.25) is 0 Å². The third-order valence-electron chi connectivity index (χ3n) is 0.418. The van der Waals surface area contributed by atoms with E-state index >= 15 is 0 Å². The van der Waals surface area contributed by atoms with E-state index in [-0.39, 0.29) is 23.7 Å². The van der Waals surface area contributed by atoms with E-state index in [9.17, 15) is 4.79 Å². The van der Waals surface area contributed by atoms with Crippen LogP contribution in [0.3, 0.4) is 0 Å². The van der Waals surface area contributed by atoms with Crippen LogP contribution in [0.15, 0.2) is 0 Å². The normalized spacial score (nSPS) is 7.75. The Kier molecular flexibility index (Phi) is 19.4. The van der Waals surface area contributed by atoms with E-state index in [2.05, 4.69) is 6.92 Å². The van der Waals surface area contributed by atoms with Gasteiger partial charge in [0.15, 0.2) is 0 Å². The van der Waals surface area contributed by atoms with E-state index < -0.39 is 0 Å². The number of hydrogen-bond donors (Lipinski definition) is 0. The van der Waals surface area contributed by atoms with Gasteiger partial charge in [-0.05, 0) is 0 Å². The third kappa shape index (κ3) is 55.0.